The van der Waals surface area contributed by atoms with Crippen molar-refractivity contribution in [3.8, 4) is 0 Å². The molecule has 1 amide bonds. The van der Waals surface area contributed by atoms with Crippen molar-refractivity contribution >= 4 is 35.0 Å². The summed E-state index contributed by atoms with van der Waals surface area (Å²) in [5.41, 5.74) is 0. The van der Waals surface area contributed by atoms with Crippen LogP contribution in [0.5, 0.6) is 0 Å². The molecule has 0 saturated carbocycles. The SMILES string of the molecule is CC(=O)N[C@@H](CSc1nnc(C)s1)C(=O)O. The second-order valence-corrected chi connectivity index (χ2v) is 5.44. The van der Waals surface area contributed by atoms with Gasteiger partial charge in [0.1, 0.15) is 11.0 Å². The first kappa shape index (κ1) is 12.9. The van der Waals surface area contributed by atoms with Crippen molar-refractivity contribution < 1.29 is 14.7 Å². The van der Waals surface area contributed by atoms with Gasteiger partial charge < -0.3 is 10.4 Å². The Kier molecular flexibility index (Phi) is 4.69. The number of aliphatic carboxylic acids is 1. The van der Waals surface area contributed by atoms with Crippen LogP contribution >= 0.6 is 23.1 Å². The predicted octanol–water partition coefficient (Wildman–Crippen LogP) is 0.528. The Balaban J connectivity index is 2.50. The summed E-state index contributed by atoms with van der Waals surface area (Å²) in [4.78, 5) is 21.6. The Bertz CT molecular complexity index is 394. The van der Waals surface area contributed by atoms with Gasteiger partial charge in [0.05, 0.1) is 0 Å². The molecule has 16 heavy (non-hydrogen) atoms. The zero-order valence-corrected chi connectivity index (χ0v) is 10.4. The third-order valence-corrected chi connectivity index (χ3v) is 3.62. The summed E-state index contributed by atoms with van der Waals surface area (Å²) in [7, 11) is 0. The van der Waals surface area contributed by atoms with Crippen LogP contribution in [0.4, 0.5) is 0 Å². The molecule has 1 heterocycles. The molecule has 0 radical (unpaired) electrons. The largest absolute Gasteiger partial charge is 0.480 e. The summed E-state index contributed by atoms with van der Waals surface area (Å²) in [6.07, 6.45) is 0. The van der Waals surface area contributed by atoms with E-state index in [4.69, 9.17) is 5.11 Å². The lowest BCUT2D eigenvalue weighted by molar-refractivity contribution is -0.140. The number of aryl methyl sites for hydroxylation is 1. The highest BCUT2D eigenvalue weighted by Gasteiger charge is 2.19. The third kappa shape index (κ3) is 4.15. The number of rotatable bonds is 5. The van der Waals surface area contributed by atoms with Gasteiger partial charge in [0.2, 0.25) is 5.91 Å². The maximum absolute atomic E-state index is 10.8. The molecular formula is C8H11N3O3S2. The maximum atomic E-state index is 10.8. The Morgan fingerprint density at radius 3 is 2.69 bits per heavy atom. The van der Waals surface area contributed by atoms with Crippen molar-refractivity contribution in [1.82, 2.24) is 15.5 Å². The molecule has 0 saturated heterocycles. The second-order valence-electron chi connectivity index (χ2n) is 2.99. The topological polar surface area (TPSA) is 92.2 Å². The molecule has 0 unspecified atom stereocenters. The van der Waals surface area contributed by atoms with Crippen LogP contribution in [0, 0.1) is 6.92 Å². The van der Waals surface area contributed by atoms with Gasteiger partial charge in [0, 0.05) is 12.7 Å². The number of hydrogen-bond donors (Lipinski definition) is 2. The normalized spacial score (nSPS) is 12.1. The molecule has 88 valence electrons. The first-order chi connectivity index (χ1) is 7.49. The van der Waals surface area contributed by atoms with Gasteiger partial charge in [-0.25, -0.2) is 4.79 Å². The molecule has 0 spiro atoms. The monoisotopic (exact) mass is 261 g/mol. The van der Waals surface area contributed by atoms with Crippen LogP contribution in [0.1, 0.15) is 11.9 Å². The molecule has 8 heteroatoms. The number of amides is 1. The van der Waals surface area contributed by atoms with Crippen molar-refractivity contribution in [3.63, 3.8) is 0 Å². The minimum absolute atomic E-state index is 0.240. The van der Waals surface area contributed by atoms with Gasteiger partial charge in [-0.2, -0.15) is 0 Å². The average Bonchev–Trinajstić information content (AvgIpc) is 2.58. The number of thioether (sulfide) groups is 1. The van der Waals surface area contributed by atoms with Crippen LogP contribution in [0.25, 0.3) is 0 Å². The number of carboxylic acids is 1. The summed E-state index contributed by atoms with van der Waals surface area (Å²) in [6, 6.07) is -0.897. The summed E-state index contributed by atoms with van der Waals surface area (Å²) in [5.74, 6) is -1.17. The van der Waals surface area contributed by atoms with Gasteiger partial charge in [-0.1, -0.05) is 23.1 Å². The minimum atomic E-state index is -1.05. The van der Waals surface area contributed by atoms with Crippen LogP contribution in [0.3, 0.4) is 0 Å². The van der Waals surface area contributed by atoms with E-state index in [2.05, 4.69) is 15.5 Å². The van der Waals surface area contributed by atoms with E-state index in [1.807, 2.05) is 6.92 Å². The van der Waals surface area contributed by atoms with E-state index in [1.165, 1.54) is 30.0 Å². The minimum Gasteiger partial charge on any atom is -0.480 e. The predicted molar refractivity (Wildman–Crippen MR) is 60.6 cm³/mol. The van der Waals surface area contributed by atoms with Crippen LogP contribution in [0.2, 0.25) is 0 Å². The quantitative estimate of drug-likeness (QED) is 0.751. The lowest BCUT2D eigenvalue weighted by Crippen LogP contribution is -2.41. The van der Waals surface area contributed by atoms with Gasteiger partial charge in [-0.05, 0) is 6.92 Å². The van der Waals surface area contributed by atoms with Gasteiger partial charge in [-0.3, -0.25) is 4.79 Å². The number of carboxylic acid groups (broad SMARTS) is 1. The fourth-order valence-corrected chi connectivity index (χ4v) is 2.76. The van der Waals surface area contributed by atoms with E-state index in [-0.39, 0.29) is 11.7 Å². The first-order valence-electron chi connectivity index (χ1n) is 4.42. The van der Waals surface area contributed by atoms with Crippen LogP contribution in [-0.4, -0.2) is 39.0 Å². The molecule has 0 aliphatic heterocycles. The van der Waals surface area contributed by atoms with Crippen molar-refractivity contribution in [2.24, 2.45) is 0 Å². The molecule has 2 N–H and O–H groups in total. The highest BCUT2D eigenvalue weighted by Crippen LogP contribution is 2.22. The summed E-state index contributed by atoms with van der Waals surface area (Å²) in [5, 5.41) is 19.7. The average molecular weight is 261 g/mol. The number of carbonyl (C=O) groups is 2. The Hall–Kier alpha value is -1.15. The summed E-state index contributed by atoms with van der Waals surface area (Å²) >= 11 is 2.66. The summed E-state index contributed by atoms with van der Waals surface area (Å²) < 4.78 is 0.703. The molecule has 1 aromatic heterocycles. The van der Waals surface area contributed by atoms with E-state index in [0.717, 1.165) is 5.01 Å². The highest BCUT2D eigenvalue weighted by atomic mass is 32.2. The van der Waals surface area contributed by atoms with E-state index >= 15 is 0 Å². The van der Waals surface area contributed by atoms with Gasteiger partial charge in [-0.15, -0.1) is 10.2 Å². The Morgan fingerprint density at radius 2 is 2.25 bits per heavy atom. The highest BCUT2D eigenvalue weighted by molar-refractivity contribution is 8.01. The molecule has 1 rings (SSSR count). The fraction of sp³-hybridized carbons (Fsp3) is 0.500. The van der Waals surface area contributed by atoms with Crippen molar-refractivity contribution in [1.29, 1.82) is 0 Å². The van der Waals surface area contributed by atoms with Crippen LogP contribution in [-0.2, 0) is 9.59 Å². The molecule has 0 aliphatic rings. The standard InChI is InChI=1S/C8H11N3O3S2/c1-4(12)9-6(7(13)14)3-15-8-11-10-5(2)16-8/h6H,3H2,1-2H3,(H,9,12)(H,13,14)/t6-/m0/s1. The summed E-state index contributed by atoms with van der Waals surface area (Å²) in [6.45, 7) is 3.11. The zero-order valence-electron chi connectivity index (χ0n) is 8.76. The molecule has 0 aliphatic carbocycles. The smallest absolute Gasteiger partial charge is 0.327 e. The van der Waals surface area contributed by atoms with E-state index in [1.54, 1.807) is 0 Å². The van der Waals surface area contributed by atoms with E-state index in [0.29, 0.717) is 4.34 Å². The molecule has 6 nitrogen and oxygen atoms in total. The second kappa shape index (κ2) is 5.80. The number of nitrogens with zero attached hydrogens (tertiary/aromatic N) is 2. The van der Waals surface area contributed by atoms with Crippen molar-refractivity contribution in [3.05, 3.63) is 5.01 Å². The number of aromatic nitrogens is 2. The molecule has 1 atom stereocenters. The van der Waals surface area contributed by atoms with Crippen molar-refractivity contribution in [2.75, 3.05) is 5.75 Å². The lowest BCUT2D eigenvalue weighted by Gasteiger charge is -2.11. The number of carbonyl (C=O) groups excluding carboxylic acids is 1. The molecule has 0 fully saturated rings. The van der Waals surface area contributed by atoms with E-state index in [9.17, 15) is 9.59 Å². The third-order valence-electron chi connectivity index (χ3n) is 1.56. The van der Waals surface area contributed by atoms with Gasteiger partial charge >= 0.3 is 5.97 Å². The van der Waals surface area contributed by atoms with Gasteiger partial charge in [0.15, 0.2) is 4.34 Å². The number of hydrogen-bond acceptors (Lipinski definition) is 6. The molecule has 0 bridgehead atoms. The molecule has 1 aromatic rings. The van der Waals surface area contributed by atoms with Crippen molar-refractivity contribution in [2.45, 2.75) is 24.2 Å². The number of nitrogens with one attached hydrogen (secondary N) is 1. The molecular weight excluding hydrogens is 250 g/mol. The Morgan fingerprint density at radius 1 is 1.56 bits per heavy atom. The van der Waals surface area contributed by atoms with Crippen LogP contribution < -0.4 is 5.32 Å². The molecule has 0 aromatic carbocycles. The van der Waals surface area contributed by atoms with Gasteiger partial charge in [0.25, 0.3) is 0 Å². The van der Waals surface area contributed by atoms with E-state index < -0.39 is 12.0 Å². The lowest BCUT2D eigenvalue weighted by atomic mass is 10.3. The maximum Gasteiger partial charge on any atom is 0.327 e. The zero-order chi connectivity index (χ0) is 12.1. The fourth-order valence-electron chi connectivity index (χ4n) is 0.911. The first-order valence-corrected chi connectivity index (χ1v) is 6.22. The van der Waals surface area contributed by atoms with Crippen LogP contribution in [0.15, 0.2) is 4.34 Å². The Labute approximate surface area is 100 Å².